The van der Waals surface area contributed by atoms with Gasteiger partial charge in [-0.15, -0.1) is 0 Å². The van der Waals surface area contributed by atoms with E-state index >= 15 is 0 Å². The predicted molar refractivity (Wildman–Crippen MR) is 66.7 cm³/mol. The minimum atomic E-state index is -4.13. The first-order chi connectivity index (χ1) is 9.45. The number of fused-ring (bicyclic) bond motifs is 1. The van der Waals surface area contributed by atoms with Gasteiger partial charge >= 0.3 is 6.18 Å². The van der Waals surface area contributed by atoms with Crippen LogP contribution < -0.4 is 4.74 Å². The molecule has 3 nitrogen and oxygen atoms in total. The highest BCUT2D eigenvalue weighted by molar-refractivity contribution is 5.44. The standard InChI is InChI=1S/C14H16F3NO2/c15-14(16,17)9-2-1-5-18(7-9)12-8-20-13-6-10(19)3-4-11(12)13/h3-4,6,9,12,19H,1-2,5,7-8H2. The van der Waals surface area contributed by atoms with E-state index in [9.17, 15) is 18.3 Å². The lowest BCUT2D eigenvalue weighted by molar-refractivity contribution is -0.188. The number of nitrogens with zero attached hydrogens (tertiary/aromatic N) is 1. The molecule has 0 aromatic heterocycles. The van der Waals surface area contributed by atoms with Gasteiger partial charge < -0.3 is 9.84 Å². The maximum atomic E-state index is 12.9. The number of hydrogen-bond donors (Lipinski definition) is 1. The summed E-state index contributed by atoms with van der Waals surface area (Å²) in [6.07, 6.45) is -3.37. The molecule has 1 saturated heterocycles. The van der Waals surface area contributed by atoms with Gasteiger partial charge in [0, 0.05) is 18.2 Å². The molecule has 2 aliphatic heterocycles. The molecule has 0 bridgehead atoms. The molecule has 0 saturated carbocycles. The highest BCUT2D eigenvalue weighted by Gasteiger charge is 2.44. The fraction of sp³-hybridized carbons (Fsp3) is 0.571. The Bertz CT molecular complexity index is 504. The van der Waals surface area contributed by atoms with Crippen molar-refractivity contribution in [1.82, 2.24) is 4.90 Å². The topological polar surface area (TPSA) is 32.7 Å². The van der Waals surface area contributed by atoms with E-state index in [1.54, 1.807) is 12.1 Å². The van der Waals surface area contributed by atoms with Gasteiger partial charge in [-0.2, -0.15) is 13.2 Å². The second-order valence-corrected chi connectivity index (χ2v) is 5.42. The Hall–Kier alpha value is -1.43. The fourth-order valence-electron chi connectivity index (χ4n) is 3.04. The Labute approximate surface area is 115 Å². The van der Waals surface area contributed by atoms with Crippen LogP contribution in [-0.4, -0.2) is 35.9 Å². The minimum absolute atomic E-state index is 0.0256. The van der Waals surface area contributed by atoms with Crippen LogP contribution in [0.4, 0.5) is 13.2 Å². The van der Waals surface area contributed by atoms with Gasteiger partial charge in [0.2, 0.25) is 0 Å². The highest BCUT2D eigenvalue weighted by Crippen LogP contribution is 2.41. The van der Waals surface area contributed by atoms with E-state index in [1.165, 1.54) is 6.07 Å². The van der Waals surface area contributed by atoms with Crippen molar-refractivity contribution in [3.8, 4) is 11.5 Å². The first-order valence-electron chi connectivity index (χ1n) is 6.71. The lowest BCUT2D eigenvalue weighted by atomic mass is 9.95. The van der Waals surface area contributed by atoms with E-state index in [0.717, 1.165) is 5.56 Å². The molecule has 1 N–H and O–H groups in total. The highest BCUT2D eigenvalue weighted by atomic mass is 19.4. The largest absolute Gasteiger partial charge is 0.508 e. The van der Waals surface area contributed by atoms with E-state index in [-0.39, 0.29) is 24.8 Å². The van der Waals surface area contributed by atoms with E-state index in [2.05, 4.69) is 0 Å². The lowest BCUT2D eigenvalue weighted by Gasteiger charge is -2.36. The van der Waals surface area contributed by atoms with Gasteiger partial charge in [-0.1, -0.05) is 0 Å². The number of phenolic OH excluding ortho intramolecular Hbond substituents is 1. The number of alkyl halides is 3. The van der Waals surface area contributed by atoms with Crippen molar-refractivity contribution in [1.29, 1.82) is 0 Å². The lowest BCUT2D eigenvalue weighted by Crippen LogP contribution is -2.43. The van der Waals surface area contributed by atoms with Gasteiger partial charge in [-0.25, -0.2) is 0 Å². The van der Waals surface area contributed by atoms with Gasteiger partial charge in [0.05, 0.1) is 12.0 Å². The summed E-state index contributed by atoms with van der Waals surface area (Å²) in [5.74, 6) is -0.572. The molecule has 1 fully saturated rings. The predicted octanol–water partition coefficient (Wildman–Crippen LogP) is 3.10. The van der Waals surface area contributed by atoms with E-state index in [0.29, 0.717) is 25.3 Å². The third-order valence-corrected chi connectivity index (χ3v) is 4.11. The molecule has 0 amide bonds. The van der Waals surface area contributed by atoms with Gasteiger partial charge in [0.1, 0.15) is 18.1 Å². The van der Waals surface area contributed by atoms with E-state index in [1.807, 2.05) is 4.90 Å². The van der Waals surface area contributed by atoms with Crippen LogP contribution in [0.1, 0.15) is 24.4 Å². The molecular weight excluding hydrogens is 271 g/mol. The van der Waals surface area contributed by atoms with Crippen LogP contribution in [0.15, 0.2) is 18.2 Å². The van der Waals surface area contributed by atoms with Crippen LogP contribution in [0, 0.1) is 5.92 Å². The Balaban J connectivity index is 1.78. The quantitative estimate of drug-likeness (QED) is 0.861. The monoisotopic (exact) mass is 287 g/mol. The summed E-state index contributed by atoms with van der Waals surface area (Å²) < 4.78 is 44.1. The second kappa shape index (κ2) is 4.84. The van der Waals surface area contributed by atoms with Crippen molar-refractivity contribution in [2.75, 3.05) is 19.7 Å². The third kappa shape index (κ3) is 2.44. The van der Waals surface area contributed by atoms with E-state index in [4.69, 9.17) is 4.74 Å². The molecule has 20 heavy (non-hydrogen) atoms. The zero-order valence-corrected chi connectivity index (χ0v) is 10.9. The normalized spacial score (nSPS) is 27.1. The average Bonchev–Trinajstić information content (AvgIpc) is 2.80. The third-order valence-electron chi connectivity index (χ3n) is 4.11. The average molecular weight is 287 g/mol. The van der Waals surface area contributed by atoms with Gasteiger partial charge in [0.25, 0.3) is 0 Å². The first kappa shape index (κ1) is 13.5. The Kier molecular flexibility index (Phi) is 3.28. The minimum Gasteiger partial charge on any atom is -0.508 e. The number of likely N-dealkylation sites (tertiary alicyclic amines) is 1. The first-order valence-corrected chi connectivity index (χ1v) is 6.71. The van der Waals surface area contributed by atoms with Crippen LogP contribution >= 0.6 is 0 Å². The summed E-state index contributed by atoms with van der Waals surface area (Å²) in [5, 5.41) is 9.40. The molecule has 2 atom stereocenters. The van der Waals surface area contributed by atoms with Crippen LogP contribution in [0.5, 0.6) is 11.5 Å². The summed E-state index contributed by atoms with van der Waals surface area (Å²) >= 11 is 0. The summed E-state index contributed by atoms with van der Waals surface area (Å²) in [6, 6.07) is 4.65. The van der Waals surface area contributed by atoms with Crippen molar-refractivity contribution in [3.05, 3.63) is 23.8 Å². The number of phenols is 1. The summed E-state index contributed by atoms with van der Waals surface area (Å²) in [7, 11) is 0. The fourth-order valence-corrected chi connectivity index (χ4v) is 3.04. The van der Waals surface area contributed by atoms with Crippen molar-refractivity contribution < 1.29 is 23.0 Å². The zero-order valence-electron chi connectivity index (χ0n) is 10.9. The van der Waals surface area contributed by atoms with Crippen molar-refractivity contribution in [2.24, 2.45) is 5.92 Å². The van der Waals surface area contributed by atoms with Crippen molar-refractivity contribution in [2.45, 2.75) is 25.1 Å². The second-order valence-electron chi connectivity index (χ2n) is 5.42. The van der Waals surface area contributed by atoms with Crippen molar-refractivity contribution >= 4 is 0 Å². The molecule has 0 radical (unpaired) electrons. The number of piperidine rings is 1. The molecule has 0 spiro atoms. The van der Waals surface area contributed by atoms with Crippen LogP contribution in [0.25, 0.3) is 0 Å². The van der Waals surface area contributed by atoms with Gasteiger partial charge in [0.15, 0.2) is 0 Å². The zero-order chi connectivity index (χ0) is 14.3. The molecule has 3 rings (SSSR count). The molecule has 1 aromatic rings. The van der Waals surface area contributed by atoms with Crippen LogP contribution in [-0.2, 0) is 0 Å². The molecule has 6 heteroatoms. The Morgan fingerprint density at radius 2 is 2.10 bits per heavy atom. The van der Waals surface area contributed by atoms with Crippen molar-refractivity contribution in [3.63, 3.8) is 0 Å². The number of rotatable bonds is 1. The smallest absolute Gasteiger partial charge is 0.393 e. The van der Waals surface area contributed by atoms with E-state index < -0.39 is 12.1 Å². The van der Waals surface area contributed by atoms with Gasteiger partial charge in [-0.3, -0.25) is 4.90 Å². The summed E-state index contributed by atoms with van der Waals surface area (Å²) in [6.45, 7) is 1.03. The number of ether oxygens (including phenoxy) is 1. The Morgan fingerprint density at radius 3 is 2.85 bits per heavy atom. The van der Waals surface area contributed by atoms with Crippen LogP contribution in [0.2, 0.25) is 0 Å². The molecule has 0 aliphatic carbocycles. The number of benzene rings is 1. The molecule has 1 aromatic carbocycles. The Morgan fingerprint density at radius 1 is 1.30 bits per heavy atom. The maximum Gasteiger partial charge on any atom is 0.393 e. The molecule has 2 heterocycles. The SMILES string of the molecule is Oc1ccc2c(c1)OCC2N1CCCC(C(F)(F)F)C1. The van der Waals surface area contributed by atoms with Gasteiger partial charge in [-0.05, 0) is 31.5 Å². The molecular formula is C14H16F3NO2. The molecule has 2 unspecified atom stereocenters. The maximum absolute atomic E-state index is 12.9. The number of hydrogen-bond acceptors (Lipinski definition) is 3. The number of aromatic hydroxyl groups is 1. The summed E-state index contributed by atoms with van der Waals surface area (Å²) in [5.41, 5.74) is 0.866. The molecule has 2 aliphatic rings. The van der Waals surface area contributed by atoms with Crippen LogP contribution in [0.3, 0.4) is 0 Å². The number of halogens is 3. The molecule has 110 valence electrons. The summed E-state index contributed by atoms with van der Waals surface area (Å²) in [4.78, 5) is 1.85.